The van der Waals surface area contributed by atoms with E-state index in [-0.39, 0.29) is 0 Å². The van der Waals surface area contributed by atoms with Crippen molar-refractivity contribution >= 4 is 27.3 Å². The Morgan fingerprint density at radius 3 is 2.38 bits per heavy atom. The second kappa shape index (κ2) is 8.23. The zero-order chi connectivity index (χ0) is 19.3. The first-order chi connectivity index (χ1) is 12.3. The molecule has 0 aliphatic heterocycles. The lowest BCUT2D eigenvalue weighted by Gasteiger charge is -2.28. The predicted octanol–water partition coefficient (Wildman–Crippen LogP) is 3.05. The first kappa shape index (κ1) is 19.8. The number of amides is 1. The Hall–Kier alpha value is -2.54. The molecule has 2 aromatic rings. The summed E-state index contributed by atoms with van der Waals surface area (Å²) in [6.07, 6.45) is 1.98. The van der Waals surface area contributed by atoms with Crippen LogP contribution in [-0.2, 0) is 21.2 Å². The van der Waals surface area contributed by atoms with Gasteiger partial charge in [0.2, 0.25) is 15.9 Å². The van der Waals surface area contributed by atoms with E-state index in [1.165, 1.54) is 7.11 Å². The van der Waals surface area contributed by atoms with Crippen LogP contribution < -0.4 is 14.4 Å². The molecule has 6 nitrogen and oxygen atoms in total. The fourth-order valence-corrected chi connectivity index (χ4v) is 3.79. The zero-order valence-electron chi connectivity index (χ0n) is 15.4. The molecule has 0 heterocycles. The van der Waals surface area contributed by atoms with Crippen molar-refractivity contribution < 1.29 is 17.9 Å². The lowest BCUT2D eigenvalue weighted by atomic mass is 10.1. The Bertz CT molecular complexity index is 863. The summed E-state index contributed by atoms with van der Waals surface area (Å²) in [5.74, 6) is 0.0985. The number of ether oxygens (including phenoxy) is 1. The van der Waals surface area contributed by atoms with E-state index in [4.69, 9.17) is 4.74 Å². The second-order valence-corrected chi connectivity index (χ2v) is 7.84. The molecule has 1 N–H and O–H groups in total. The Morgan fingerprint density at radius 1 is 1.19 bits per heavy atom. The molecule has 2 rings (SSSR count). The fraction of sp³-hybridized carbons (Fsp3) is 0.316. The number of carbonyl (C=O) groups excluding carboxylic acids is 1. The predicted molar refractivity (Wildman–Crippen MR) is 104 cm³/mol. The van der Waals surface area contributed by atoms with Gasteiger partial charge in [0.05, 0.1) is 19.1 Å². The van der Waals surface area contributed by atoms with E-state index in [1.807, 2.05) is 19.1 Å². The minimum absolute atomic E-state index is 0.371. The standard InChI is InChI=1S/C19H24N2O4S/c1-5-15-9-11-16(12-10-15)20-19(22)14(2)21(26(4,23)24)17-7-6-8-18(13-17)25-3/h6-14H,5H2,1-4H3,(H,20,22)/t14-/m1/s1. The molecular formula is C19H24N2O4S. The molecular weight excluding hydrogens is 352 g/mol. The molecule has 0 fully saturated rings. The highest BCUT2D eigenvalue weighted by Gasteiger charge is 2.29. The van der Waals surface area contributed by atoms with Crippen molar-refractivity contribution in [1.29, 1.82) is 0 Å². The van der Waals surface area contributed by atoms with Crippen LogP contribution in [0.2, 0.25) is 0 Å². The maximum Gasteiger partial charge on any atom is 0.247 e. The first-order valence-corrected chi connectivity index (χ1v) is 10.1. The Labute approximate surface area is 154 Å². The SMILES string of the molecule is CCc1ccc(NC(=O)[C@@H](C)N(c2cccc(OC)c2)S(C)(=O)=O)cc1. The molecule has 1 amide bonds. The molecule has 140 valence electrons. The van der Waals surface area contributed by atoms with Crippen LogP contribution in [-0.4, -0.2) is 33.7 Å². The first-order valence-electron chi connectivity index (χ1n) is 8.29. The van der Waals surface area contributed by atoms with Gasteiger partial charge in [0.1, 0.15) is 11.8 Å². The van der Waals surface area contributed by atoms with Gasteiger partial charge in [-0.25, -0.2) is 8.42 Å². The number of methoxy groups -OCH3 is 1. The molecule has 0 bridgehead atoms. The van der Waals surface area contributed by atoms with E-state index in [0.717, 1.165) is 22.5 Å². The number of nitrogens with zero attached hydrogens (tertiary/aromatic N) is 1. The van der Waals surface area contributed by atoms with Crippen molar-refractivity contribution in [2.45, 2.75) is 26.3 Å². The average Bonchev–Trinajstić information content (AvgIpc) is 2.61. The number of hydrogen-bond donors (Lipinski definition) is 1. The Balaban J connectivity index is 2.27. The molecule has 0 saturated heterocycles. The highest BCUT2D eigenvalue weighted by Crippen LogP contribution is 2.25. The van der Waals surface area contributed by atoms with Gasteiger partial charge in [0.25, 0.3) is 0 Å². The summed E-state index contributed by atoms with van der Waals surface area (Å²) in [5.41, 5.74) is 2.15. The third-order valence-corrected chi connectivity index (χ3v) is 5.27. The summed E-state index contributed by atoms with van der Waals surface area (Å²) >= 11 is 0. The smallest absolute Gasteiger partial charge is 0.247 e. The lowest BCUT2D eigenvalue weighted by Crippen LogP contribution is -2.45. The second-order valence-electron chi connectivity index (χ2n) is 5.98. The van der Waals surface area contributed by atoms with Gasteiger partial charge in [-0.2, -0.15) is 0 Å². The molecule has 0 spiro atoms. The summed E-state index contributed by atoms with van der Waals surface area (Å²) in [7, 11) is -2.17. The van der Waals surface area contributed by atoms with Crippen molar-refractivity contribution in [2.75, 3.05) is 23.0 Å². The van der Waals surface area contributed by atoms with E-state index < -0.39 is 22.0 Å². The van der Waals surface area contributed by atoms with Crippen LogP contribution in [0.3, 0.4) is 0 Å². The Morgan fingerprint density at radius 2 is 1.85 bits per heavy atom. The highest BCUT2D eigenvalue weighted by molar-refractivity contribution is 7.92. The molecule has 0 aliphatic carbocycles. The zero-order valence-corrected chi connectivity index (χ0v) is 16.2. The molecule has 0 aliphatic rings. The van der Waals surface area contributed by atoms with Gasteiger partial charge in [-0.05, 0) is 43.2 Å². The van der Waals surface area contributed by atoms with Gasteiger partial charge in [0.15, 0.2) is 0 Å². The maximum absolute atomic E-state index is 12.6. The number of carbonyl (C=O) groups is 1. The van der Waals surface area contributed by atoms with Crippen LogP contribution in [0.25, 0.3) is 0 Å². The molecule has 0 aromatic heterocycles. The molecule has 0 unspecified atom stereocenters. The number of aryl methyl sites for hydroxylation is 1. The van der Waals surface area contributed by atoms with E-state index in [2.05, 4.69) is 5.32 Å². The molecule has 26 heavy (non-hydrogen) atoms. The van der Waals surface area contributed by atoms with Gasteiger partial charge in [-0.15, -0.1) is 0 Å². The largest absolute Gasteiger partial charge is 0.497 e. The maximum atomic E-state index is 12.6. The summed E-state index contributed by atoms with van der Waals surface area (Å²) in [6, 6.07) is 13.1. The molecule has 2 aromatic carbocycles. The van der Waals surface area contributed by atoms with Crippen molar-refractivity contribution in [3.8, 4) is 5.75 Å². The van der Waals surface area contributed by atoms with Gasteiger partial charge < -0.3 is 10.1 Å². The van der Waals surface area contributed by atoms with Gasteiger partial charge in [-0.1, -0.05) is 25.1 Å². The topological polar surface area (TPSA) is 75.7 Å². The molecule has 0 radical (unpaired) electrons. The van der Waals surface area contributed by atoms with Gasteiger partial charge >= 0.3 is 0 Å². The number of nitrogens with one attached hydrogen (secondary N) is 1. The van der Waals surface area contributed by atoms with E-state index in [0.29, 0.717) is 17.1 Å². The summed E-state index contributed by atoms with van der Waals surface area (Å²) in [4.78, 5) is 12.6. The van der Waals surface area contributed by atoms with E-state index >= 15 is 0 Å². The number of benzene rings is 2. The van der Waals surface area contributed by atoms with Crippen LogP contribution >= 0.6 is 0 Å². The summed E-state index contributed by atoms with van der Waals surface area (Å²) in [5, 5.41) is 2.77. The fourth-order valence-electron chi connectivity index (χ4n) is 2.63. The Kier molecular flexibility index (Phi) is 6.26. The molecule has 1 atom stereocenters. The average molecular weight is 376 g/mol. The van der Waals surface area contributed by atoms with Crippen LogP contribution in [0.15, 0.2) is 48.5 Å². The van der Waals surface area contributed by atoms with E-state index in [1.54, 1.807) is 43.3 Å². The quantitative estimate of drug-likeness (QED) is 0.806. The lowest BCUT2D eigenvalue weighted by molar-refractivity contribution is -0.116. The van der Waals surface area contributed by atoms with Gasteiger partial charge in [-0.3, -0.25) is 9.10 Å². The van der Waals surface area contributed by atoms with Gasteiger partial charge in [0, 0.05) is 11.8 Å². The van der Waals surface area contributed by atoms with Crippen LogP contribution in [0.5, 0.6) is 5.75 Å². The number of anilines is 2. The normalized spacial score (nSPS) is 12.3. The van der Waals surface area contributed by atoms with E-state index in [9.17, 15) is 13.2 Å². The van der Waals surface area contributed by atoms with Crippen LogP contribution in [0.1, 0.15) is 19.4 Å². The minimum atomic E-state index is -3.67. The number of hydrogen-bond acceptors (Lipinski definition) is 4. The summed E-state index contributed by atoms with van der Waals surface area (Å²) in [6.45, 7) is 3.60. The third kappa shape index (κ3) is 4.76. The third-order valence-electron chi connectivity index (χ3n) is 4.03. The number of sulfonamides is 1. The molecule has 7 heteroatoms. The van der Waals surface area contributed by atoms with Crippen molar-refractivity contribution in [3.63, 3.8) is 0 Å². The minimum Gasteiger partial charge on any atom is -0.497 e. The van der Waals surface area contributed by atoms with Crippen LogP contribution in [0, 0.1) is 0 Å². The van der Waals surface area contributed by atoms with Crippen molar-refractivity contribution in [3.05, 3.63) is 54.1 Å². The molecule has 0 saturated carbocycles. The summed E-state index contributed by atoms with van der Waals surface area (Å²) < 4.78 is 30.9. The van der Waals surface area contributed by atoms with Crippen LogP contribution in [0.4, 0.5) is 11.4 Å². The highest BCUT2D eigenvalue weighted by atomic mass is 32.2. The van der Waals surface area contributed by atoms with Crippen molar-refractivity contribution in [1.82, 2.24) is 0 Å². The monoisotopic (exact) mass is 376 g/mol. The van der Waals surface area contributed by atoms with Crippen molar-refractivity contribution in [2.24, 2.45) is 0 Å². The number of rotatable bonds is 7.